The third kappa shape index (κ3) is 5.68. The predicted octanol–water partition coefficient (Wildman–Crippen LogP) is 0.707. The van der Waals surface area contributed by atoms with E-state index in [4.69, 9.17) is 36.6 Å². The molecule has 6 atom stereocenters. The normalized spacial score (nSPS) is 30.3. The van der Waals surface area contributed by atoms with Crippen molar-refractivity contribution in [3.63, 3.8) is 0 Å². The number of nitrogens with one attached hydrogen (secondary N) is 1. The summed E-state index contributed by atoms with van der Waals surface area (Å²) < 4.78 is 22.4. The van der Waals surface area contributed by atoms with Gasteiger partial charge < -0.3 is 18.9 Å². The average molecular weight is 532 g/mol. The number of fused-ring (bicyclic) bond motifs is 1. The molecule has 1 aromatic rings. The fraction of sp³-hybridized carbons (Fsp3) is 0.500. The second-order valence-corrected chi connectivity index (χ2v) is 9.48. The summed E-state index contributed by atoms with van der Waals surface area (Å²) in [7, 11) is 1.70. The number of thiol groups is 1. The quantitative estimate of drug-likeness (QED) is 0.282. The lowest BCUT2D eigenvalue weighted by Crippen LogP contribution is -2.56. The summed E-state index contributed by atoms with van der Waals surface area (Å²) in [6.07, 6.45) is -2.86. The molecule has 13 heteroatoms. The van der Waals surface area contributed by atoms with Crippen molar-refractivity contribution in [1.82, 2.24) is 10.2 Å². The molecule has 0 aliphatic carbocycles. The number of hydrogen-bond donors (Lipinski definition) is 2. The van der Waals surface area contributed by atoms with E-state index in [9.17, 15) is 14.4 Å². The molecule has 0 amide bonds. The number of nitrogens with zero attached hydrogens (tertiary/aromatic N) is 4. The maximum Gasteiger partial charge on any atom is 0.303 e. The number of hydrogen-bond acceptors (Lipinski definition) is 13. The summed E-state index contributed by atoms with van der Waals surface area (Å²) in [5.41, 5.74) is 1.50. The fourth-order valence-corrected chi connectivity index (χ4v) is 4.91. The Bertz CT molecular complexity index is 1140. The molecule has 0 radical (unpaired) electrons. The van der Waals surface area contributed by atoms with Gasteiger partial charge >= 0.3 is 17.9 Å². The highest BCUT2D eigenvalue weighted by Gasteiger charge is 2.57. The van der Waals surface area contributed by atoms with Gasteiger partial charge in [-0.05, 0) is 12.6 Å². The average Bonchev–Trinajstić information content (AvgIpc) is 3.36. The molecule has 37 heavy (non-hydrogen) atoms. The van der Waals surface area contributed by atoms with Gasteiger partial charge in [-0.25, -0.2) is 15.0 Å². The summed E-state index contributed by atoms with van der Waals surface area (Å²) in [5.74, 6) is -1.34. The van der Waals surface area contributed by atoms with Crippen LogP contribution in [0.4, 0.5) is 0 Å². The van der Waals surface area contributed by atoms with Gasteiger partial charge in [0.25, 0.3) is 0 Å². The van der Waals surface area contributed by atoms with Gasteiger partial charge in [0.15, 0.2) is 35.4 Å². The van der Waals surface area contributed by atoms with E-state index in [0.717, 1.165) is 5.56 Å². The van der Waals surface area contributed by atoms with Crippen molar-refractivity contribution < 1.29 is 33.3 Å². The summed E-state index contributed by atoms with van der Waals surface area (Å²) in [4.78, 5) is 49.9. The zero-order valence-corrected chi connectivity index (χ0v) is 21.8. The van der Waals surface area contributed by atoms with Crippen molar-refractivity contribution >= 4 is 48.4 Å². The van der Waals surface area contributed by atoms with Gasteiger partial charge in [0.1, 0.15) is 24.8 Å². The molecule has 1 aromatic carbocycles. The van der Waals surface area contributed by atoms with E-state index in [-0.39, 0.29) is 6.61 Å². The lowest BCUT2D eigenvalue weighted by atomic mass is 10.00. The molecular weight excluding hydrogens is 502 g/mol. The van der Waals surface area contributed by atoms with Crippen molar-refractivity contribution in [2.45, 2.75) is 62.9 Å². The van der Waals surface area contributed by atoms with E-state index < -0.39 is 53.6 Å². The number of benzene rings is 1. The Hall–Kier alpha value is -3.29. The van der Waals surface area contributed by atoms with Crippen LogP contribution in [-0.4, -0.2) is 90.0 Å². The number of rotatable bonds is 8. The first kappa shape index (κ1) is 26.8. The van der Waals surface area contributed by atoms with Crippen molar-refractivity contribution in [1.29, 1.82) is 0 Å². The van der Waals surface area contributed by atoms with E-state index in [0.29, 0.717) is 18.0 Å². The molecule has 2 unspecified atom stereocenters. The molecule has 0 spiro atoms. The van der Waals surface area contributed by atoms with Crippen LogP contribution in [0.1, 0.15) is 26.3 Å². The highest BCUT2D eigenvalue weighted by atomic mass is 32.1. The minimum atomic E-state index is -1.07. The molecule has 12 nitrogen and oxygen atoms in total. The number of carbonyl (C=O) groups excluding carboxylic acids is 3. The first-order valence-electron chi connectivity index (χ1n) is 11.7. The number of ether oxygens (including phenoxy) is 4. The zero-order chi connectivity index (χ0) is 26.7. The summed E-state index contributed by atoms with van der Waals surface area (Å²) >= 11 is 4.90. The van der Waals surface area contributed by atoms with Crippen LogP contribution in [0.15, 0.2) is 45.3 Å². The maximum atomic E-state index is 12.1. The van der Waals surface area contributed by atoms with E-state index >= 15 is 0 Å². The highest BCUT2D eigenvalue weighted by Crippen LogP contribution is 2.37. The number of amidine groups is 1. The lowest BCUT2D eigenvalue weighted by molar-refractivity contribution is -0.167. The summed E-state index contributed by atoms with van der Waals surface area (Å²) in [6, 6.07) is 9.74. The van der Waals surface area contributed by atoms with Gasteiger partial charge in [-0.1, -0.05) is 30.3 Å². The Kier molecular flexibility index (Phi) is 7.95. The Morgan fingerprint density at radius 3 is 2.38 bits per heavy atom. The monoisotopic (exact) mass is 531 g/mol. The van der Waals surface area contributed by atoms with Crippen molar-refractivity contribution in [3.8, 4) is 0 Å². The van der Waals surface area contributed by atoms with E-state index in [1.807, 2.05) is 30.3 Å². The van der Waals surface area contributed by atoms with E-state index in [1.165, 1.54) is 27.1 Å². The topological polar surface area (TPSA) is 140 Å². The second-order valence-electron chi connectivity index (χ2n) is 8.74. The summed E-state index contributed by atoms with van der Waals surface area (Å²) in [5, 5.41) is 3.10. The van der Waals surface area contributed by atoms with Gasteiger partial charge in [0.2, 0.25) is 0 Å². The molecule has 3 aliphatic heterocycles. The first-order valence-corrected chi connectivity index (χ1v) is 12.1. The molecule has 3 heterocycles. The molecule has 1 N–H and O–H groups in total. The Morgan fingerprint density at radius 1 is 1.08 bits per heavy atom. The van der Waals surface area contributed by atoms with Crippen molar-refractivity contribution in [2.75, 3.05) is 13.7 Å². The third-order valence-electron chi connectivity index (χ3n) is 5.97. The van der Waals surface area contributed by atoms with E-state index in [1.54, 1.807) is 11.9 Å². The first-order chi connectivity index (χ1) is 17.6. The Morgan fingerprint density at radius 2 is 1.76 bits per heavy atom. The molecule has 198 valence electrons. The molecule has 1 fully saturated rings. The molecule has 0 bridgehead atoms. The molecule has 1 saturated heterocycles. The van der Waals surface area contributed by atoms with Crippen molar-refractivity contribution in [3.05, 3.63) is 35.9 Å². The Labute approximate surface area is 219 Å². The van der Waals surface area contributed by atoms with Gasteiger partial charge in [-0.3, -0.25) is 24.6 Å². The van der Waals surface area contributed by atoms with Gasteiger partial charge in [0.05, 0.1) is 0 Å². The largest absolute Gasteiger partial charge is 0.463 e. The number of carbonyl (C=O) groups is 3. The van der Waals surface area contributed by atoms with Crippen LogP contribution >= 0.6 is 12.6 Å². The SMILES string of the molecule is CNC1N=C2C(=NC=NC2(S)Cc2ccccc2)N1[C@@H]1O[C@H](COC(C)=O)[C@@H](OC(C)=O)[C@H]1OC(C)=O. The van der Waals surface area contributed by atoms with Crippen LogP contribution < -0.4 is 5.32 Å². The van der Waals surface area contributed by atoms with Gasteiger partial charge in [-0.2, -0.15) is 0 Å². The maximum absolute atomic E-state index is 12.1. The van der Waals surface area contributed by atoms with Crippen LogP contribution in [0.5, 0.6) is 0 Å². The van der Waals surface area contributed by atoms with Crippen LogP contribution in [0.2, 0.25) is 0 Å². The minimum absolute atomic E-state index is 0.217. The smallest absolute Gasteiger partial charge is 0.303 e. The van der Waals surface area contributed by atoms with Crippen LogP contribution in [0.25, 0.3) is 0 Å². The number of aliphatic imine (C=N–C) groups is 3. The Balaban J connectivity index is 1.69. The molecule has 4 rings (SSSR count). The van der Waals surface area contributed by atoms with Crippen LogP contribution in [0.3, 0.4) is 0 Å². The fourth-order valence-electron chi connectivity index (χ4n) is 4.52. The van der Waals surface area contributed by atoms with E-state index in [2.05, 4.69) is 15.3 Å². The second kappa shape index (κ2) is 11.0. The standard InChI is InChI=1S/C24H29N5O7S/c1-13(30)33-11-17-18(34-14(2)31)19(35-15(3)32)22(36-17)29-21-20(28-23(29)25-4)24(37,27-12-26-21)10-16-8-6-5-7-9-16/h5-9,12,17-19,22-23,25,37H,10-11H2,1-4H3/t17-,18-,19-,22-,23?,24?/m1/s1. The molecule has 0 saturated carbocycles. The predicted molar refractivity (Wildman–Crippen MR) is 136 cm³/mol. The molecule has 3 aliphatic rings. The summed E-state index contributed by atoms with van der Waals surface area (Å²) in [6.45, 7) is 3.51. The van der Waals surface area contributed by atoms with Gasteiger partial charge in [0, 0.05) is 27.2 Å². The number of esters is 3. The molecule has 0 aromatic heterocycles. The molecular formula is C24H29N5O7S. The lowest BCUT2D eigenvalue weighted by Gasteiger charge is -2.35. The van der Waals surface area contributed by atoms with Crippen molar-refractivity contribution in [2.24, 2.45) is 15.0 Å². The van der Waals surface area contributed by atoms with Crippen LogP contribution in [0, 0.1) is 0 Å². The zero-order valence-electron chi connectivity index (χ0n) is 20.9. The highest BCUT2D eigenvalue weighted by molar-refractivity contribution is 7.83. The van der Waals surface area contributed by atoms with Crippen LogP contribution in [-0.2, 0) is 39.8 Å². The third-order valence-corrected chi connectivity index (χ3v) is 6.45. The van der Waals surface area contributed by atoms with Gasteiger partial charge in [-0.15, -0.1) is 12.6 Å². The minimum Gasteiger partial charge on any atom is -0.463 e.